The first-order valence-electron chi connectivity index (χ1n) is 6.47. The zero-order valence-corrected chi connectivity index (χ0v) is 12.0. The minimum absolute atomic E-state index is 0.0749. The predicted octanol–water partition coefficient (Wildman–Crippen LogP) is 3.62. The van der Waals surface area contributed by atoms with Gasteiger partial charge in [0, 0.05) is 11.7 Å². The van der Waals surface area contributed by atoms with Crippen LogP contribution in [0, 0.1) is 5.41 Å². The molecule has 0 heterocycles. The second kappa shape index (κ2) is 6.01. The summed E-state index contributed by atoms with van der Waals surface area (Å²) >= 11 is 0. The molecular formula is C14H22F3N3. The van der Waals surface area contributed by atoms with Crippen molar-refractivity contribution in [2.45, 2.75) is 45.8 Å². The second-order valence-electron chi connectivity index (χ2n) is 6.16. The van der Waals surface area contributed by atoms with E-state index in [-0.39, 0.29) is 5.41 Å². The normalized spacial score (nSPS) is 14.3. The van der Waals surface area contributed by atoms with Crippen molar-refractivity contribution < 1.29 is 13.2 Å². The van der Waals surface area contributed by atoms with Gasteiger partial charge in [-0.1, -0.05) is 20.8 Å². The van der Waals surface area contributed by atoms with E-state index in [4.69, 9.17) is 11.6 Å². The Balaban J connectivity index is 3.02. The number of halogens is 3. The molecule has 0 fully saturated rings. The lowest BCUT2D eigenvalue weighted by atomic mass is 9.87. The number of nitrogens with one attached hydrogen (secondary N) is 1. The Morgan fingerprint density at radius 1 is 1.20 bits per heavy atom. The van der Waals surface area contributed by atoms with Gasteiger partial charge in [0.25, 0.3) is 0 Å². The molecule has 114 valence electrons. The van der Waals surface area contributed by atoms with Crippen LogP contribution in [-0.2, 0) is 6.18 Å². The number of hydrogen-bond acceptors (Lipinski definition) is 3. The first kappa shape index (κ1) is 16.8. The standard InChI is InChI=1S/C14H22F3N3/c1-13(2,3)7-6-12(20-19)10-8-9(14(15,16)17)4-5-11(10)18/h4-5,8,12,20H,6-7,18-19H2,1-3H3. The van der Waals surface area contributed by atoms with Crippen LogP contribution in [0.4, 0.5) is 18.9 Å². The maximum Gasteiger partial charge on any atom is 0.416 e. The van der Waals surface area contributed by atoms with Crippen molar-refractivity contribution >= 4 is 5.69 Å². The summed E-state index contributed by atoms with van der Waals surface area (Å²) in [6.45, 7) is 6.20. The van der Waals surface area contributed by atoms with E-state index in [2.05, 4.69) is 26.2 Å². The minimum atomic E-state index is -4.38. The van der Waals surface area contributed by atoms with Crippen molar-refractivity contribution in [3.8, 4) is 0 Å². The lowest BCUT2D eigenvalue weighted by Crippen LogP contribution is -2.29. The molecule has 0 aliphatic rings. The van der Waals surface area contributed by atoms with Gasteiger partial charge in [-0.25, -0.2) is 0 Å². The molecule has 0 spiro atoms. The van der Waals surface area contributed by atoms with E-state index in [1.807, 2.05) is 0 Å². The summed E-state index contributed by atoms with van der Waals surface area (Å²) in [7, 11) is 0. The molecule has 1 rings (SSSR count). The molecule has 0 aromatic heterocycles. The SMILES string of the molecule is CC(C)(C)CCC(NN)c1cc(C(F)(F)F)ccc1N. The highest BCUT2D eigenvalue weighted by Crippen LogP contribution is 2.35. The predicted molar refractivity (Wildman–Crippen MR) is 74.6 cm³/mol. The smallest absolute Gasteiger partial charge is 0.398 e. The van der Waals surface area contributed by atoms with Gasteiger partial charge in [0.05, 0.1) is 5.56 Å². The highest BCUT2D eigenvalue weighted by molar-refractivity contribution is 5.50. The number of nitrogen functional groups attached to an aromatic ring is 1. The summed E-state index contributed by atoms with van der Waals surface area (Å²) in [6, 6.07) is 2.94. The third-order valence-corrected chi connectivity index (χ3v) is 3.17. The summed E-state index contributed by atoms with van der Waals surface area (Å²) in [6.07, 6.45) is -2.95. The number of nitrogens with two attached hydrogens (primary N) is 2. The molecule has 0 aliphatic carbocycles. The van der Waals surface area contributed by atoms with Gasteiger partial charge in [-0.2, -0.15) is 13.2 Å². The Hall–Kier alpha value is -1.27. The molecule has 0 saturated carbocycles. The Kier molecular flexibility index (Phi) is 5.05. The molecule has 0 aliphatic heterocycles. The third kappa shape index (κ3) is 4.68. The van der Waals surface area contributed by atoms with Gasteiger partial charge in [0.1, 0.15) is 0 Å². The molecule has 3 nitrogen and oxygen atoms in total. The number of anilines is 1. The summed E-state index contributed by atoms with van der Waals surface area (Å²) in [5.74, 6) is 5.48. The zero-order valence-electron chi connectivity index (χ0n) is 12.0. The van der Waals surface area contributed by atoms with Gasteiger partial charge in [0.15, 0.2) is 0 Å². The summed E-state index contributed by atoms with van der Waals surface area (Å²) in [5.41, 5.74) is 8.42. The fourth-order valence-electron chi connectivity index (χ4n) is 1.96. The monoisotopic (exact) mass is 289 g/mol. The quantitative estimate of drug-likeness (QED) is 0.450. The number of rotatable bonds is 4. The first-order valence-corrected chi connectivity index (χ1v) is 6.47. The summed E-state index contributed by atoms with van der Waals surface area (Å²) in [4.78, 5) is 0. The van der Waals surface area contributed by atoms with Crippen LogP contribution in [0.3, 0.4) is 0 Å². The van der Waals surface area contributed by atoms with Crippen molar-refractivity contribution in [3.63, 3.8) is 0 Å². The van der Waals surface area contributed by atoms with E-state index in [0.717, 1.165) is 18.6 Å². The lowest BCUT2D eigenvalue weighted by Gasteiger charge is -2.24. The number of hydrazine groups is 1. The van der Waals surface area contributed by atoms with Crippen LogP contribution >= 0.6 is 0 Å². The Morgan fingerprint density at radius 2 is 1.80 bits per heavy atom. The van der Waals surface area contributed by atoms with Gasteiger partial charge in [-0.05, 0) is 42.0 Å². The second-order valence-corrected chi connectivity index (χ2v) is 6.16. The van der Waals surface area contributed by atoms with Crippen LogP contribution in [0.5, 0.6) is 0 Å². The van der Waals surface area contributed by atoms with Crippen LogP contribution < -0.4 is 17.0 Å². The number of benzene rings is 1. The fourth-order valence-corrected chi connectivity index (χ4v) is 1.96. The van der Waals surface area contributed by atoms with Crippen LogP contribution in [0.1, 0.15) is 50.8 Å². The maximum atomic E-state index is 12.7. The molecule has 6 heteroatoms. The fraction of sp³-hybridized carbons (Fsp3) is 0.571. The Labute approximate surface area is 117 Å². The highest BCUT2D eigenvalue weighted by atomic mass is 19.4. The number of alkyl halides is 3. The van der Waals surface area contributed by atoms with E-state index >= 15 is 0 Å². The minimum Gasteiger partial charge on any atom is -0.398 e. The summed E-state index contributed by atoms with van der Waals surface area (Å²) in [5, 5.41) is 0. The zero-order chi connectivity index (χ0) is 15.6. The van der Waals surface area contributed by atoms with Crippen LogP contribution in [0.2, 0.25) is 0 Å². The van der Waals surface area contributed by atoms with Crippen molar-refractivity contribution in [3.05, 3.63) is 29.3 Å². The highest BCUT2D eigenvalue weighted by Gasteiger charge is 2.31. The van der Waals surface area contributed by atoms with Gasteiger partial charge in [0.2, 0.25) is 0 Å². The van der Waals surface area contributed by atoms with E-state index < -0.39 is 17.8 Å². The van der Waals surface area contributed by atoms with Gasteiger partial charge < -0.3 is 5.73 Å². The molecule has 0 amide bonds. The van der Waals surface area contributed by atoms with Crippen LogP contribution in [-0.4, -0.2) is 0 Å². The molecule has 5 N–H and O–H groups in total. The molecular weight excluding hydrogens is 267 g/mol. The molecule has 1 aromatic rings. The molecule has 0 saturated heterocycles. The molecule has 20 heavy (non-hydrogen) atoms. The van der Waals surface area contributed by atoms with Crippen molar-refractivity contribution in [1.29, 1.82) is 0 Å². The average molecular weight is 289 g/mol. The first-order chi connectivity index (χ1) is 9.04. The molecule has 0 bridgehead atoms. The van der Waals surface area contributed by atoms with Crippen molar-refractivity contribution in [1.82, 2.24) is 5.43 Å². The van der Waals surface area contributed by atoms with Crippen molar-refractivity contribution in [2.75, 3.05) is 5.73 Å². The van der Waals surface area contributed by atoms with E-state index in [1.165, 1.54) is 6.07 Å². The molecule has 0 radical (unpaired) electrons. The van der Waals surface area contributed by atoms with E-state index in [0.29, 0.717) is 17.7 Å². The average Bonchev–Trinajstić information content (AvgIpc) is 2.29. The van der Waals surface area contributed by atoms with Gasteiger partial charge in [-0.15, -0.1) is 0 Å². The summed E-state index contributed by atoms with van der Waals surface area (Å²) < 4.78 is 38.2. The maximum absolute atomic E-state index is 12.7. The third-order valence-electron chi connectivity index (χ3n) is 3.17. The topological polar surface area (TPSA) is 64.1 Å². The molecule has 1 atom stereocenters. The van der Waals surface area contributed by atoms with Crippen LogP contribution in [0.25, 0.3) is 0 Å². The van der Waals surface area contributed by atoms with Gasteiger partial charge in [-0.3, -0.25) is 11.3 Å². The van der Waals surface area contributed by atoms with Crippen LogP contribution in [0.15, 0.2) is 18.2 Å². The number of hydrogen-bond donors (Lipinski definition) is 3. The lowest BCUT2D eigenvalue weighted by molar-refractivity contribution is -0.137. The Morgan fingerprint density at radius 3 is 2.25 bits per heavy atom. The van der Waals surface area contributed by atoms with E-state index in [1.54, 1.807) is 0 Å². The molecule has 1 unspecified atom stereocenters. The molecule has 1 aromatic carbocycles. The largest absolute Gasteiger partial charge is 0.416 e. The van der Waals surface area contributed by atoms with E-state index in [9.17, 15) is 13.2 Å². The Bertz CT molecular complexity index is 450. The van der Waals surface area contributed by atoms with Gasteiger partial charge >= 0.3 is 6.18 Å². The van der Waals surface area contributed by atoms with Crippen molar-refractivity contribution in [2.24, 2.45) is 11.3 Å².